The highest BCUT2D eigenvalue weighted by molar-refractivity contribution is 6.03. The summed E-state index contributed by atoms with van der Waals surface area (Å²) in [5.74, 6) is -1.92. The third-order valence-corrected chi connectivity index (χ3v) is 5.52. The number of nitriles is 1. The molecule has 0 saturated carbocycles. The van der Waals surface area contributed by atoms with Crippen LogP contribution in [0.25, 0.3) is 10.8 Å². The maximum absolute atomic E-state index is 12.8. The Kier molecular flexibility index (Phi) is 8.18. The van der Waals surface area contributed by atoms with E-state index < -0.39 is 42.0 Å². The van der Waals surface area contributed by atoms with Crippen LogP contribution in [0, 0.1) is 11.3 Å². The fourth-order valence-electron chi connectivity index (χ4n) is 3.60. The van der Waals surface area contributed by atoms with Crippen molar-refractivity contribution in [3.63, 3.8) is 0 Å². The van der Waals surface area contributed by atoms with Crippen LogP contribution in [0.4, 0.5) is 4.79 Å². The minimum absolute atomic E-state index is 0.0741. The molecule has 0 aliphatic heterocycles. The van der Waals surface area contributed by atoms with E-state index in [9.17, 15) is 29.9 Å². The number of fused-ring (bicyclic) bond motifs is 1. The van der Waals surface area contributed by atoms with E-state index in [4.69, 9.17) is 9.47 Å². The average molecular weight is 527 g/mol. The zero-order valence-electron chi connectivity index (χ0n) is 20.3. The first-order valence-electron chi connectivity index (χ1n) is 11.6. The summed E-state index contributed by atoms with van der Waals surface area (Å²) in [7, 11) is 0. The van der Waals surface area contributed by atoms with Crippen molar-refractivity contribution in [1.29, 1.82) is 5.26 Å². The second-order valence-corrected chi connectivity index (χ2v) is 8.20. The number of nitrogens with zero attached hydrogens (tertiary/aromatic N) is 2. The molecule has 0 spiro atoms. The van der Waals surface area contributed by atoms with Crippen molar-refractivity contribution < 1.29 is 34.1 Å². The average Bonchev–Trinajstić information content (AvgIpc) is 2.95. The van der Waals surface area contributed by atoms with E-state index in [1.165, 1.54) is 12.1 Å². The van der Waals surface area contributed by atoms with E-state index in [1.807, 2.05) is 12.1 Å². The third-order valence-electron chi connectivity index (χ3n) is 5.52. The van der Waals surface area contributed by atoms with Crippen molar-refractivity contribution in [3.8, 4) is 23.3 Å². The standard InChI is InChI=1S/C28H22N4O7/c29-14-22-21-13-19(39-18-9-5-2-6-10-18)11-12-20(21)25(33)24(31-22)26(34)30-15-23(27(35)36)32-28(37)38-16-17-7-3-1-4-8-17/h1-13,23,33H,15-16H2,(H,30,34)(H,32,37)(H,35,36). The van der Waals surface area contributed by atoms with Gasteiger partial charge < -0.3 is 30.3 Å². The lowest BCUT2D eigenvalue weighted by atomic mass is 10.1. The Morgan fingerprint density at radius 2 is 1.64 bits per heavy atom. The first-order valence-corrected chi connectivity index (χ1v) is 11.6. The number of carbonyl (C=O) groups is 3. The number of hydrogen-bond acceptors (Lipinski definition) is 8. The number of carbonyl (C=O) groups excluding carboxylic acids is 2. The maximum Gasteiger partial charge on any atom is 0.408 e. The van der Waals surface area contributed by atoms with E-state index in [0.29, 0.717) is 17.1 Å². The van der Waals surface area contributed by atoms with Gasteiger partial charge in [-0.2, -0.15) is 5.26 Å². The molecule has 1 aromatic heterocycles. The SMILES string of the molecule is N#Cc1nc(C(=O)NCC(NC(=O)OCc2ccccc2)C(=O)O)c(O)c2ccc(Oc3ccccc3)cc12. The zero-order chi connectivity index (χ0) is 27.8. The summed E-state index contributed by atoms with van der Waals surface area (Å²) in [5, 5.41) is 34.7. The molecule has 1 atom stereocenters. The van der Waals surface area contributed by atoms with Gasteiger partial charge in [-0.25, -0.2) is 14.6 Å². The molecule has 39 heavy (non-hydrogen) atoms. The number of aliphatic carboxylic acids is 1. The Balaban J connectivity index is 1.46. The Morgan fingerprint density at radius 1 is 0.949 bits per heavy atom. The molecule has 1 unspecified atom stereocenters. The number of pyridine rings is 1. The molecule has 11 nitrogen and oxygen atoms in total. The smallest absolute Gasteiger partial charge is 0.408 e. The summed E-state index contributed by atoms with van der Waals surface area (Å²) in [6.07, 6.45) is -0.993. The van der Waals surface area contributed by atoms with Crippen molar-refractivity contribution in [2.75, 3.05) is 6.54 Å². The van der Waals surface area contributed by atoms with Crippen LogP contribution in [0.5, 0.6) is 17.2 Å². The van der Waals surface area contributed by atoms with Gasteiger partial charge in [-0.15, -0.1) is 0 Å². The Bertz CT molecular complexity index is 1550. The molecule has 4 N–H and O–H groups in total. The van der Waals surface area contributed by atoms with Crippen molar-refractivity contribution in [1.82, 2.24) is 15.6 Å². The highest BCUT2D eigenvalue weighted by atomic mass is 16.5. The normalized spacial score (nSPS) is 11.2. The summed E-state index contributed by atoms with van der Waals surface area (Å²) in [5.41, 5.74) is 0.0770. The van der Waals surface area contributed by atoms with Crippen LogP contribution < -0.4 is 15.4 Å². The minimum atomic E-state index is -1.53. The van der Waals surface area contributed by atoms with Crippen molar-refractivity contribution in [3.05, 3.63) is 95.8 Å². The summed E-state index contributed by atoms with van der Waals surface area (Å²) >= 11 is 0. The molecular weight excluding hydrogens is 504 g/mol. The lowest BCUT2D eigenvalue weighted by Crippen LogP contribution is -2.48. The fraction of sp³-hybridized carbons (Fsp3) is 0.107. The van der Waals surface area contributed by atoms with Crippen LogP contribution >= 0.6 is 0 Å². The van der Waals surface area contributed by atoms with Gasteiger partial charge in [0.25, 0.3) is 5.91 Å². The molecule has 0 aliphatic rings. The number of ether oxygens (including phenoxy) is 2. The first kappa shape index (κ1) is 26.4. The van der Waals surface area contributed by atoms with Crippen molar-refractivity contribution >= 4 is 28.7 Å². The number of rotatable bonds is 9. The number of alkyl carbamates (subject to hydrolysis) is 1. The topological polar surface area (TPSA) is 171 Å². The van der Waals surface area contributed by atoms with Crippen LogP contribution in [-0.4, -0.2) is 45.8 Å². The molecule has 0 bridgehead atoms. The van der Waals surface area contributed by atoms with Gasteiger partial charge in [0.2, 0.25) is 0 Å². The van der Waals surface area contributed by atoms with Crippen LogP contribution in [0.15, 0.2) is 78.9 Å². The van der Waals surface area contributed by atoms with E-state index in [1.54, 1.807) is 60.7 Å². The number of benzene rings is 3. The van der Waals surface area contributed by atoms with Gasteiger partial charge in [0.15, 0.2) is 11.4 Å². The van der Waals surface area contributed by atoms with Gasteiger partial charge in [0, 0.05) is 17.3 Å². The minimum Gasteiger partial charge on any atom is -0.505 e. The van der Waals surface area contributed by atoms with E-state index in [-0.39, 0.29) is 23.1 Å². The van der Waals surface area contributed by atoms with Crippen molar-refractivity contribution in [2.24, 2.45) is 0 Å². The van der Waals surface area contributed by atoms with Gasteiger partial charge in [-0.1, -0.05) is 48.5 Å². The molecule has 1 heterocycles. The summed E-state index contributed by atoms with van der Waals surface area (Å²) in [6.45, 7) is -0.616. The molecule has 4 rings (SSSR count). The molecule has 0 fully saturated rings. The number of nitrogens with one attached hydrogen (secondary N) is 2. The molecule has 0 saturated heterocycles. The van der Waals surface area contributed by atoms with Gasteiger partial charge in [-0.3, -0.25) is 4.79 Å². The molecule has 2 amide bonds. The van der Waals surface area contributed by atoms with Gasteiger partial charge in [0.05, 0.1) is 0 Å². The number of aromatic hydroxyl groups is 1. The largest absolute Gasteiger partial charge is 0.505 e. The maximum atomic E-state index is 12.8. The molecule has 196 valence electrons. The van der Waals surface area contributed by atoms with E-state index in [2.05, 4.69) is 15.6 Å². The number of aromatic nitrogens is 1. The highest BCUT2D eigenvalue weighted by Gasteiger charge is 2.24. The molecule has 4 aromatic rings. The monoisotopic (exact) mass is 526 g/mol. The number of carboxylic acid groups (broad SMARTS) is 1. The first-order chi connectivity index (χ1) is 18.9. The van der Waals surface area contributed by atoms with Gasteiger partial charge in [0.1, 0.15) is 35.9 Å². The second-order valence-electron chi connectivity index (χ2n) is 8.20. The van der Waals surface area contributed by atoms with Crippen LogP contribution in [0.2, 0.25) is 0 Å². The van der Waals surface area contributed by atoms with E-state index >= 15 is 0 Å². The molecule has 11 heteroatoms. The van der Waals surface area contributed by atoms with Crippen LogP contribution in [0.1, 0.15) is 21.7 Å². The van der Waals surface area contributed by atoms with Crippen LogP contribution in [-0.2, 0) is 16.1 Å². The number of amides is 2. The Hall–Kier alpha value is -5.63. The Morgan fingerprint density at radius 3 is 2.31 bits per heavy atom. The van der Waals surface area contributed by atoms with Crippen LogP contribution in [0.3, 0.4) is 0 Å². The van der Waals surface area contributed by atoms with E-state index in [0.717, 1.165) is 0 Å². The number of carboxylic acids is 1. The quantitative estimate of drug-likeness (QED) is 0.254. The summed E-state index contributed by atoms with van der Waals surface area (Å²) in [4.78, 5) is 40.5. The molecule has 3 aromatic carbocycles. The number of hydrogen-bond donors (Lipinski definition) is 4. The second kappa shape index (κ2) is 12.1. The zero-order valence-corrected chi connectivity index (χ0v) is 20.3. The van der Waals surface area contributed by atoms with Gasteiger partial charge in [-0.05, 0) is 35.9 Å². The third kappa shape index (κ3) is 6.58. The lowest BCUT2D eigenvalue weighted by molar-refractivity contribution is -0.139. The summed E-state index contributed by atoms with van der Waals surface area (Å²) in [6, 6.07) is 22.6. The highest BCUT2D eigenvalue weighted by Crippen LogP contribution is 2.33. The number of para-hydroxylation sites is 1. The predicted octanol–water partition coefficient (Wildman–Crippen LogP) is 3.71. The lowest BCUT2D eigenvalue weighted by Gasteiger charge is -2.16. The van der Waals surface area contributed by atoms with Gasteiger partial charge >= 0.3 is 12.1 Å². The summed E-state index contributed by atoms with van der Waals surface area (Å²) < 4.78 is 10.8. The fourth-order valence-corrected chi connectivity index (χ4v) is 3.60. The predicted molar refractivity (Wildman–Crippen MR) is 138 cm³/mol. The molecular formula is C28H22N4O7. The molecule has 0 radical (unpaired) electrons. The Labute approximate surface area is 222 Å². The van der Waals surface area contributed by atoms with Crippen molar-refractivity contribution in [2.45, 2.75) is 12.6 Å². The molecule has 0 aliphatic carbocycles.